The van der Waals surface area contributed by atoms with E-state index in [2.05, 4.69) is 13.2 Å². The van der Waals surface area contributed by atoms with Crippen LogP contribution in [0, 0.1) is 18.8 Å². The van der Waals surface area contributed by atoms with Crippen LogP contribution >= 0.6 is 0 Å². The highest BCUT2D eigenvalue weighted by molar-refractivity contribution is 7.88. The number of ether oxygens (including phenoxy) is 4. The number of carbonyl (C=O) groups excluding carboxylic acids is 2. The van der Waals surface area contributed by atoms with Crippen LogP contribution in [0.3, 0.4) is 0 Å². The third kappa shape index (κ3) is 8.42. The van der Waals surface area contributed by atoms with Crippen molar-refractivity contribution in [2.45, 2.75) is 50.4 Å². The third-order valence-electron chi connectivity index (χ3n) is 5.25. The zero-order chi connectivity index (χ0) is 26.0. The van der Waals surface area contributed by atoms with E-state index in [1.807, 2.05) is 19.1 Å². The molecule has 0 unspecified atom stereocenters. The summed E-state index contributed by atoms with van der Waals surface area (Å²) in [7, 11) is 0.0834. The fraction of sp³-hybridized carbons (Fsp3) is 0.407. The first-order valence-electron chi connectivity index (χ1n) is 11.3. The fourth-order valence-corrected chi connectivity index (χ4v) is 4.42. The monoisotopic (exact) mass is 502 g/mol. The number of hydrogen-bond donors (Lipinski definition) is 0. The van der Waals surface area contributed by atoms with E-state index in [1.165, 1.54) is 21.0 Å². The molecule has 3 atom stereocenters. The maximum Gasteiger partial charge on any atom is 0.324 e. The summed E-state index contributed by atoms with van der Waals surface area (Å²) in [6, 6.07) is 7.39. The number of cyclic esters (lactones) is 2. The molecule has 0 aliphatic carbocycles. The Morgan fingerprint density at radius 3 is 2.26 bits per heavy atom. The Bertz CT molecular complexity index is 971. The van der Waals surface area contributed by atoms with Crippen LogP contribution in [0.25, 0.3) is 0 Å². The molecule has 1 aromatic carbocycles. The second-order valence-electron chi connectivity index (χ2n) is 8.57. The normalized spacial score (nSPS) is 19.0. The first-order chi connectivity index (χ1) is 16.6. The van der Waals surface area contributed by atoms with E-state index in [-0.39, 0.29) is 6.79 Å². The Morgan fingerprint density at radius 2 is 1.71 bits per heavy atom. The summed E-state index contributed by atoms with van der Waals surface area (Å²) in [5.41, 5.74) is 1.68. The number of hydrogen-bond acceptors (Lipinski definition) is 7. The van der Waals surface area contributed by atoms with E-state index >= 15 is 0 Å². The standard InChI is InChI=1S/C27H34O7S/c1-7-9-21(24-25(28)33-27(4,5)34-26(24)29)17-20(23(10-8-2)32-18-31-6)15-16-35(30)22-13-11-19(3)12-14-22/h7-8,11-17,21,23-24H,1-2,9-10,18H2,3-6H3/b16-15-,20-17-/t21-,23+,35+/m0/s1. The Kier molecular flexibility index (Phi) is 10.8. The molecule has 0 saturated carbocycles. The van der Waals surface area contributed by atoms with Crippen LogP contribution in [0.5, 0.6) is 0 Å². The topological polar surface area (TPSA) is 88.1 Å². The number of aryl methyl sites for hydroxylation is 1. The molecule has 1 aliphatic rings. The van der Waals surface area contributed by atoms with Gasteiger partial charge in [0, 0.05) is 37.2 Å². The highest BCUT2D eigenvalue weighted by atomic mass is 32.2. The summed E-state index contributed by atoms with van der Waals surface area (Å²) in [5.74, 6) is -4.44. The molecule has 0 aromatic heterocycles. The zero-order valence-corrected chi connectivity index (χ0v) is 21.5. The van der Waals surface area contributed by atoms with Gasteiger partial charge < -0.3 is 18.9 Å². The molecule has 0 radical (unpaired) electrons. The Morgan fingerprint density at radius 1 is 1.11 bits per heavy atom. The van der Waals surface area contributed by atoms with Gasteiger partial charge in [-0.05, 0) is 43.5 Å². The van der Waals surface area contributed by atoms with Gasteiger partial charge in [-0.25, -0.2) is 4.21 Å². The second kappa shape index (κ2) is 13.3. The van der Waals surface area contributed by atoms with E-state index in [0.717, 1.165) is 5.56 Å². The minimum atomic E-state index is -1.42. The van der Waals surface area contributed by atoms with Crippen molar-refractivity contribution in [1.82, 2.24) is 0 Å². The largest absolute Gasteiger partial charge is 0.422 e. The van der Waals surface area contributed by atoms with Gasteiger partial charge in [0.1, 0.15) is 6.79 Å². The number of allylic oxidation sites excluding steroid dienone is 2. The van der Waals surface area contributed by atoms with Crippen molar-refractivity contribution in [3.63, 3.8) is 0 Å². The first-order valence-corrected chi connectivity index (χ1v) is 12.5. The maximum atomic E-state index is 12.9. The molecule has 1 aromatic rings. The van der Waals surface area contributed by atoms with Gasteiger partial charge in [-0.1, -0.05) is 35.9 Å². The molecule has 0 spiro atoms. The van der Waals surface area contributed by atoms with E-state index in [0.29, 0.717) is 23.3 Å². The molecule has 1 fully saturated rings. The molecular weight excluding hydrogens is 468 g/mol. The molecule has 35 heavy (non-hydrogen) atoms. The number of carbonyl (C=O) groups is 2. The maximum absolute atomic E-state index is 12.9. The highest BCUT2D eigenvalue weighted by Crippen LogP contribution is 2.32. The minimum absolute atomic E-state index is 0.0125. The predicted molar refractivity (Wildman–Crippen MR) is 134 cm³/mol. The van der Waals surface area contributed by atoms with Crippen molar-refractivity contribution < 1.29 is 32.7 Å². The van der Waals surface area contributed by atoms with Crippen molar-refractivity contribution in [2.75, 3.05) is 13.9 Å². The summed E-state index contributed by atoms with van der Waals surface area (Å²) in [6.45, 7) is 12.5. The quantitative estimate of drug-likeness (QED) is 0.126. The van der Waals surface area contributed by atoms with Crippen molar-refractivity contribution in [3.8, 4) is 0 Å². The van der Waals surface area contributed by atoms with Crippen molar-refractivity contribution in [1.29, 1.82) is 0 Å². The SMILES string of the molecule is C=CC[C@@H](/C=C(/C=C\[S@@](=O)c1ccc(C)cc1)[C@@H](CC=C)OCOC)C1C(=O)OC(C)(C)OC1=O. The van der Waals surface area contributed by atoms with Crippen molar-refractivity contribution in [2.24, 2.45) is 11.8 Å². The third-order valence-corrected chi connectivity index (χ3v) is 6.37. The predicted octanol–water partition coefficient (Wildman–Crippen LogP) is 4.75. The molecule has 8 heteroatoms. The van der Waals surface area contributed by atoms with Crippen LogP contribution in [-0.4, -0.2) is 41.9 Å². The Labute approximate surface area is 209 Å². The summed E-state index contributed by atoms with van der Waals surface area (Å²) < 4.78 is 34.4. The van der Waals surface area contributed by atoms with Gasteiger partial charge >= 0.3 is 11.9 Å². The molecular formula is C27H34O7S. The van der Waals surface area contributed by atoms with Crippen LogP contribution in [-0.2, 0) is 39.3 Å². The lowest BCUT2D eigenvalue weighted by atomic mass is 9.85. The number of benzene rings is 1. The van der Waals surface area contributed by atoms with Crippen LogP contribution in [0.4, 0.5) is 0 Å². The molecule has 0 amide bonds. The van der Waals surface area contributed by atoms with E-state index in [4.69, 9.17) is 18.9 Å². The molecule has 7 nitrogen and oxygen atoms in total. The van der Waals surface area contributed by atoms with E-state index < -0.39 is 46.5 Å². The highest BCUT2D eigenvalue weighted by Gasteiger charge is 2.46. The Balaban J connectivity index is 2.47. The van der Waals surface area contributed by atoms with Crippen LogP contribution in [0.15, 0.2) is 77.6 Å². The first kappa shape index (κ1) is 28.4. The summed E-state index contributed by atoms with van der Waals surface area (Å²) in [5, 5.41) is 1.55. The molecule has 1 saturated heterocycles. The van der Waals surface area contributed by atoms with Gasteiger partial charge in [0.2, 0.25) is 0 Å². The van der Waals surface area contributed by atoms with Crippen LogP contribution in [0.1, 0.15) is 32.3 Å². The minimum Gasteiger partial charge on any atom is -0.422 e. The number of methoxy groups -OCH3 is 1. The lowest BCUT2D eigenvalue weighted by Crippen LogP contribution is -2.48. The zero-order valence-electron chi connectivity index (χ0n) is 20.7. The van der Waals surface area contributed by atoms with Gasteiger partial charge in [-0.15, -0.1) is 13.2 Å². The lowest BCUT2D eigenvalue weighted by Gasteiger charge is -2.35. The summed E-state index contributed by atoms with van der Waals surface area (Å²) in [6.07, 6.45) is 6.94. The van der Waals surface area contributed by atoms with E-state index in [9.17, 15) is 13.8 Å². The van der Waals surface area contributed by atoms with E-state index in [1.54, 1.807) is 41.8 Å². The average Bonchev–Trinajstić information content (AvgIpc) is 2.78. The Hall–Kier alpha value is -2.81. The molecule has 2 rings (SSSR count). The van der Waals surface area contributed by atoms with Gasteiger partial charge in [-0.2, -0.15) is 0 Å². The van der Waals surface area contributed by atoms with Gasteiger partial charge in [0.15, 0.2) is 5.92 Å². The molecule has 1 aliphatic heterocycles. The molecule has 0 bridgehead atoms. The summed E-state index contributed by atoms with van der Waals surface area (Å²) in [4.78, 5) is 26.1. The fourth-order valence-electron chi connectivity index (χ4n) is 3.58. The summed E-state index contributed by atoms with van der Waals surface area (Å²) >= 11 is 0. The van der Waals surface area contributed by atoms with Crippen molar-refractivity contribution >= 4 is 22.7 Å². The van der Waals surface area contributed by atoms with Crippen LogP contribution in [0.2, 0.25) is 0 Å². The molecule has 190 valence electrons. The lowest BCUT2D eigenvalue weighted by molar-refractivity contribution is -0.241. The van der Waals surface area contributed by atoms with Crippen molar-refractivity contribution in [3.05, 3.63) is 78.3 Å². The van der Waals surface area contributed by atoms with Gasteiger partial charge in [0.25, 0.3) is 5.79 Å². The molecule has 0 N–H and O–H groups in total. The number of esters is 2. The average molecular weight is 503 g/mol. The van der Waals surface area contributed by atoms with Gasteiger partial charge in [0.05, 0.1) is 16.9 Å². The smallest absolute Gasteiger partial charge is 0.324 e. The molecule has 1 heterocycles. The van der Waals surface area contributed by atoms with Crippen LogP contribution < -0.4 is 0 Å². The second-order valence-corrected chi connectivity index (χ2v) is 9.91. The number of rotatable bonds is 13. The van der Waals surface area contributed by atoms with Gasteiger partial charge in [-0.3, -0.25) is 9.59 Å².